The van der Waals surface area contributed by atoms with E-state index >= 15 is 0 Å². The zero-order valence-corrected chi connectivity index (χ0v) is 21.8. The molecule has 188 valence electrons. The summed E-state index contributed by atoms with van der Waals surface area (Å²) in [5.74, 6) is 0.0529. The Morgan fingerprint density at radius 3 is 2.47 bits per heavy atom. The van der Waals surface area contributed by atoms with E-state index in [4.69, 9.17) is 32.5 Å². The van der Waals surface area contributed by atoms with Gasteiger partial charge in [-0.2, -0.15) is 0 Å². The van der Waals surface area contributed by atoms with Gasteiger partial charge < -0.3 is 19.1 Å². The maximum absolute atomic E-state index is 13.0. The monoisotopic (exact) mass is 532 g/mol. The minimum atomic E-state index is -3.76. The number of aromatic nitrogens is 1. The van der Waals surface area contributed by atoms with Crippen molar-refractivity contribution in [3.63, 3.8) is 0 Å². The van der Waals surface area contributed by atoms with Gasteiger partial charge in [0.2, 0.25) is 10.0 Å². The van der Waals surface area contributed by atoms with Crippen LogP contribution >= 0.6 is 23.2 Å². The highest BCUT2D eigenvalue weighted by molar-refractivity contribution is 7.92. The van der Waals surface area contributed by atoms with E-state index in [1.165, 1.54) is 11.9 Å². The Morgan fingerprint density at radius 1 is 1.24 bits per heavy atom. The minimum Gasteiger partial charge on any atom is -0.446 e. The Bertz CT molecular complexity index is 1080. The lowest BCUT2D eigenvalue weighted by molar-refractivity contribution is 0.0994. The molecule has 9 nitrogen and oxygen atoms in total. The number of carbonyl (C=O) groups excluding carboxylic acids is 1. The van der Waals surface area contributed by atoms with Crippen molar-refractivity contribution in [2.45, 2.75) is 45.8 Å². The van der Waals surface area contributed by atoms with Gasteiger partial charge in [-0.3, -0.25) is 4.72 Å². The summed E-state index contributed by atoms with van der Waals surface area (Å²) in [7, 11) is -2.22. The molecule has 1 fully saturated rings. The number of hydrogen-bond donors (Lipinski definition) is 1. The first-order chi connectivity index (χ1) is 16.1. The van der Waals surface area contributed by atoms with Gasteiger partial charge in [0.1, 0.15) is 17.5 Å². The molecule has 0 aliphatic heterocycles. The standard InChI is InChI=1S/C22H30Cl2N4O5S/c1-4-28(5-2)12-7-13-34(30,31)26-20-18(14-27(3)22(29)32-15-10-11-15)33-25-21(20)19-16(23)8-6-9-17(19)24/h6,8-9,15,26H,4-5,7,10-14H2,1-3H3. The van der Waals surface area contributed by atoms with Gasteiger partial charge in [-0.25, -0.2) is 13.2 Å². The van der Waals surface area contributed by atoms with Crippen LogP contribution in [0.25, 0.3) is 11.3 Å². The summed E-state index contributed by atoms with van der Waals surface area (Å²) in [6.07, 6.45) is 1.55. The average molecular weight is 533 g/mol. The summed E-state index contributed by atoms with van der Waals surface area (Å²) >= 11 is 12.7. The molecule has 0 bridgehead atoms. The number of ether oxygens (including phenoxy) is 1. The van der Waals surface area contributed by atoms with Crippen molar-refractivity contribution in [1.29, 1.82) is 0 Å². The van der Waals surface area contributed by atoms with Crippen LogP contribution in [0.3, 0.4) is 0 Å². The lowest BCUT2D eigenvalue weighted by atomic mass is 10.1. The van der Waals surface area contributed by atoms with E-state index in [0.717, 1.165) is 25.9 Å². The number of sulfonamides is 1. The van der Waals surface area contributed by atoms with E-state index in [2.05, 4.69) is 14.8 Å². The second kappa shape index (κ2) is 11.6. The van der Waals surface area contributed by atoms with Gasteiger partial charge in [0.25, 0.3) is 0 Å². The molecule has 3 rings (SSSR count). The SMILES string of the molecule is CCN(CC)CCCS(=O)(=O)Nc1c(-c2c(Cl)cccc2Cl)noc1CN(C)C(=O)OC1CC1. The van der Waals surface area contributed by atoms with Gasteiger partial charge in [0, 0.05) is 12.6 Å². The van der Waals surface area contributed by atoms with Crippen LogP contribution in [-0.4, -0.2) is 68.0 Å². The molecule has 1 heterocycles. The Hall–Kier alpha value is -2.01. The number of amides is 1. The lowest BCUT2D eigenvalue weighted by Crippen LogP contribution is -2.28. The first-order valence-electron chi connectivity index (χ1n) is 11.2. The third-order valence-electron chi connectivity index (χ3n) is 5.49. The van der Waals surface area contributed by atoms with Crippen LogP contribution in [0.1, 0.15) is 38.9 Å². The molecule has 1 aliphatic rings. The highest BCUT2D eigenvalue weighted by Crippen LogP contribution is 2.40. The maximum Gasteiger partial charge on any atom is 0.410 e. The van der Waals surface area contributed by atoms with Crippen molar-refractivity contribution in [2.24, 2.45) is 0 Å². The molecule has 1 aromatic heterocycles. The minimum absolute atomic E-state index is 0.0576. The quantitative estimate of drug-likeness (QED) is 0.416. The van der Waals surface area contributed by atoms with Crippen molar-refractivity contribution in [3.8, 4) is 11.3 Å². The van der Waals surface area contributed by atoms with Crippen molar-refractivity contribution in [3.05, 3.63) is 34.0 Å². The fraction of sp³-hybridized carbons (Fsp3) is 0.545. The fourth-order valence-corrected chi connectivity index (χ4v) is 5.06. The summed E-state index contributed by atoms with van der Waals surface area (Å²) in [5.41, 5.74) is 0.593. The zero-order chi connectivity index (χ0) is 24.9. The second-order valence-corrected chi connectivity index (χ2v) is 10.8. The Kier molecular flexibility index (Phi) is 9.08. The summed E-state index contributed by atoms with van der Waals surface area (Å²) in [4.78, 5) is 15.7. The van der Waals surface area contributed by atoms with Gasteiger partial charge in [-0.1, -0.05) is 48.3 Å². The van der Waals surface area contributed by atoms with Crippen molar-refractivity contribution < 1.29 is 22.5 Å². The Labute approximate surface area is 210 Å². The number of halogens is 2. The van der Waals surface area contributed by atoms with Crippen LogP contribution in [0, 0.1) is 0 Å². The van der Waals surface area contributed by atoms with Crippen LogP contribution in [0.2, 0.25) is 10.0 Å². The molecule has 0 spiro atoms. The smallest absolute Gasteiger partial charge is 0.410 e. The number of rotatable bonds is 12. The molecule has 0 unspecified atom stereocenters. The van der Waals surface area contributed by atoms with Gasteiger partial charge in [0.15, 0.2) is 5.76 Å². The normalized spacial score (nSPS) is 13.8. The highest BCUT2D eigenvalue weighted by atomic mass is 35.5. The zero-order valence-electron chi connectivity index (χ0n) is 19.5. The van der Waals surface area contributed by atoms with E-state index in [-0.39, 0.29) is 45.6 Å². The van der Waals surface area contributed by atoms with E-state index in [0.29, 0.717) is 18.5 Å². The summed E-state index contributed by atoms with van der Waals surface area (Å²) in [5, 5.41) is 4.63. The van der Waals surface area contributed by atoms with Gasteiger partial charge in [0.05, 0.1) is 22.3 Å². The number of hydrogen-bond acceptors (Lipinski definition) is 7. The van der Waals surface area contributed by atoms with Crippen LogP contribution in [0.4, 0.5) is 10.5 Å². The molecule has 1 aliphatic carbocycles. The molecule has 1 saturated carbocycles. The van der Waals surface area contributed by atoms with Gasteiger partial charge in [-0.15, -0.1) is 0 Å². The predicted octanol–water partition coefficient (Wildman–Crippen LogP) is 4.85. The average Bonchev–Trinajstić information content (AvgIpc) is 3.53. The number of benzene rings is 1. The molecular formula is C22H30Cl2N4O5S. The number of nitrogens with zero attached hydrogens (tertiary/aromatic N) is 3. The maximum atomic E-state index is 13.0. The first kappa shape index (κ1) is 26.6. The Balaban J connectivity index is 1.87. The number of anilines is 1. The summed E-state index contributed by atoms with van der Waals surface area (Å²) in [6.45, 7) is 6.35. The molecule has 0 atom stereocenters. The molecule has 34 heavy (non-hydrogen) atoms. The van der Waals surface area contributed by atoms with E-state index < -0.39 is 16.1 Å². The third-order valence-corrected chi connectivity index (χ3v) is 7.46. The molecule has 0 saturated heterocycles. The lowest BCUT2D eigenvalue weighted by Gasteiger charge is -2.18. The fourth-order valence-electron chi connectivity index (χ4n) is 3.35. The Morgan fingerprint density at radius 2 is 1.88 bits per heavy atom. The molecule has 2 aromatic rings. The third kappa shape index (κ3) is 7.00. The summed E-state index contributed by atoms with van der Waals surface area (Å²) < 4.78 is 39.3. The van der Waals surface area contributed by atoms with Crippen LogP contribution < -0.4 is 4.72 Å². The van der Waals surface area contributed by atoms with E-state index in [1.807, 2.05) is 13.8 Å². The van der Waals surface area contributed by atoms with E-state index in [9.17, 15) is 13.2 Å². The van der Waals surface area contributed by atoms with Crippen LogP contribution in [0.15, 0.2) is 22.7 Å². The molecule has 1 amide bonds. The largest absolute Gasteiger partial charge is 0.446 e. The van der Waals surface area contributed by atoms with Crippen molar-refractivity contribution in [2.75, 3.05) is 37.2 Å². The van der Waals surface area contributed by atoms with Crippen molar-refractivity contribution >= 4 is 45.0 Å². The topological polar surface area (TPSA) is 105 Å². The summed E-state index contributed by atoms with van der Waals surface area (Å²) in [6, 6.07) is 4.92. The first-order valence-corrected chi connectivity index (χ1v) is 13.6. The van der Waals surface area contributed by atoms with Crippen LogP contribution in [0.5, 0.6) is 0 Å². The number of carbonyl (C=O) groups is 1. The van der Waals surface area contributed by atoms with Gasteiger partial charge >= 0.3 is 6.09 Å². The van der Waals surface area contributed by atoms with Crippen molar-refractivity contribution in [1.82, 2.24) is 15.0 Å². The van der Waals surface area contributed by atoms with E-state index in [1.54, 1.807) is 18.2 Å². The van der Waals surface area contributed by atoms with Gasteiger partial charge in [-0.05, 0) is 51.0 Å². The predicted molar refractivity (Wildman–Crippen MR) is 133 cm³/mol. The molecule has 1 aromatic carbocycles. The molecular weight excluding hydrogens is 503 g/mol. The highest BCUT2D eigenvalue weighted by Gasteiger charge is 2.30. The second-order valence-electron chi connectivity index (χ2n) is 8.17. The molecule has 12 heteroatoms. The van der Waals surface area contributed by atoms with Crippen LogP contribution in [-0.2, 0) is 21.3 Å². The molecule has 1 N–H and O–H groups in total. The molecule has 0 radical (unpaired) electrons. The number of nitrogens with one attached hydrogen (secondary N) is 1.